The van der Waals surface area contributed by atoms with Crippen LogP contribution in [0, 0.1) is 17.8 Å². The summed E-state index contributed by atoms with van der Waals surface area (Å²) in [6.07, 6.45) is 12.6. The van der Waals surface area contributed by atoms with Crippen molar-refractivity contribution >= 4 is 5.91 Å². The highest BCUT2D eigenvalue weighted by Gasteiger charge is 2.40. The monoisotopic (exact) mass is 339 g/mol. The predicted octanol–water partition coefficient (Wildman–Crippen LogP) is 2.04. The molecule has 2 saturated carbocycles. The Hall–Kier alpha value is -2.21. The van der Waals surface area contributed by atoms with E-state index in [1.165, 1.54) is 19.3 Å². The summed E-state index contributed by atoms with van der Waals surface area (Å²) >= 11 is 0. The van der Waals surface area contributed by atoms with Gasteiger partial charge in [0.05, 0.1) is 0 Å². The van der Waals surface area contributed by atoms with E-state index in [1.807, 2.05) is 22.9 Å². The lowest BCUT2D eigenvalue weighted by Crippen LogP contribution is -2.49. The molecule has 6 heteroatoms. The van der Waals surface area contributed by atoms with E-state index >= 15 is 0 Å². The highest BCUT2D eigenvalue weighted by atomic mass is 16.1. The van der Waals surface area contributed by atoms with Gasteiger partial charge in [-0.25, -0.2) is 9.97 Å². The molecule has 2 aromatic rings. The largest absolute Gasteiger partial charge is 0.352 e. The molecule has 2 fully saturated rings. The number of nitrogens with two attached hydrogens (primary N) is 1. The summed E-state index contributed by atoms with van der Waals surface area (Å²) < 4.78 is 1.86. The summed E-state index contributed by atoms with van der Waals surface area (Å²) in [5, 5.41) is 3.11. The topological polar surface area (TPSA) is 85.8 Å². The van der Waals surface area contributed by atoms with Crippen LogP contribution in [0.3, 0.4) is 0 Å². The second-order valence-corrected chi connectivity index (χ2v) is 7.41. The number of carbonyl (C=O) groups is 1. The van der Waals surface area contributed by atoms with Crippen molar-refractivity contribution in [2.75, 3.05) is 0 Å². The second kappa shape index (κ2) is 6.96. The normalized spacial score (nSPS) is 28.5. The number of aromatic nitrogens is 3. The Morgan fingerprint density at radius 2 is 2.08 bits per heavy atom. The van der Waals surface area contributed by atoms with Crippen LogP contribution < -0.4 is 11.1 Å². The fraction of sp³-hybridized carbons (Fsp3) is 0.526. The van der Waals surface area contributed by atoms with Crippen molar-refractivity contribution in [3.8, 4) is 5.82 Å². The Bertz CT molecular complexity index is 715. The van der Waals surface area contributed by atoms with Crippen molar-refractivity contribution in [3.05, 3.63) is 42.6 Å². The van der Waals surface area contributed by atoms with E-state index in [9.17, 15) is 4.79 Å². The molecule has 2 aliphatic carbocycles. The van der Waals surface area contributed by atoms with Gasteiger partial charge in [-0.1, -0.05) is 6.42 Å². The van der Waals surface area contributed by atoms with Crippen LogP contribution in [-0.2, 0) is 11.3 Å². The molecule has 0 aliphatic heterocycles. The lowest BCUT2D eigenvalue weighted by Gasteiger charge is -2.43. The van der Waals surface area contributed by atoms with Crippen LogP contribution in [0.1, 0.15) is 37.7 Å². The average molecular weight is 339 g/mol. The predicted molar refractivity (Wildman–Crippen MR) is 94.7 cm³/mol. The van der Waals surface area contributed by atoms with Gasteiger partial charge in [-0.3, -0.25) is 9.36 Å². The number of nitrogens with one attached hydrogen (secondary N) is 1. The number of hydrogen-bond acceptors (Lipinski definition) is 4. The molecule has 0 radical (unpaired) electrons. The van der Waals surface area contributed by atoms with Crippen molar-refractivity contribution in [2.45, 2.75) is 44.7 Å². The zero-order valence-corrected chi connectivity index (χ0v) is 14.3. The van der Waals surface area contributed by atoms with Gasteiger partial charge in [0.2, 0.25) is 5.91 Å². The third-order valence-corrected chi connectivity index (χ3v) is 5.83. The summed E-state index contributed by atoms with van der Waals surface area (Å²) in [5.41, 5.74) is 7.37. The molecule has 1 amide bonds. The Morgan fingerprint density at radius 3 is 2.80 bits per heavy atom. The Labute approximate surface area is 147 Å². The van der Waals surface area contributed by atoms with Crippen LogP contribution in [0.5, 0.6) is 0 Å². The minimum Gasteiger partial charge on any atom is -0.352 e. The summed E-state index contributed by atoms with van der Waals surface area (Å²) in [7, 11) is 0. The first-order valence-corrected chi connectivity index (χ1v) is 9.17. The molecule has 2 unspecified atom stereocenters. The molecule has 6 nitrogen and oxygen atoms in total. The Kier molecular flexibility index (Phi) is 4.53. The van der Waals surface area contributed by atoms with E-state index < -0.39 is 0 Å². The van der Waals surface area contributed by atoms with Crippen LogP contribution >= 0.6 is 0 Å². The maximum Gasteiger partial charge on any atom is 0.223 e. The number of rotatable bonds is 4. The lowest BCUT2D eigenvalue weighted by atomic mass is 9.65. The number of pyridine rings is 1. The van der Waals surface area contributed by atoms with Crippen molar-refractivity contribution in [1.82, 2.24) is 19.9 Å². The Morgan fingerprint density at radius 1 is 1.28 bits per heavy atom. The SMILES string of the molecule is NC1C2CCCC1CC(C(=O)NCc1ccnc(-n3ccnc3)c1)C2. The van der Waals surface area contributed by atoms with Crippen LogP contribution in [0.4, 0.5) is 0 Å². The van der Waals surface area contributed by atoms with Crippen molar-refractivity contribution in [1.29, 1.82) is 0 Å². The van der Waals surface area contributed by atoms with Gasteiger partial charge in [0.25, 0.3) is 0 Å². The van der Waals surface area contributed by atoms with E-state index in [2.05, 4.69) is 15.3 Å². The lowest BCUT2D eigenvalue weighted by molar-refractivity contribution is -0.128. The van der Waals surface area contributed by atoms with E-state index in [0.717, 1.165) is 24.2 Å². The van der Waals surface area contributed by atoms with Gasteiger partial charge in [0, 0.05) is 37.1 Å². The number of imidazole rings is 1. The zero-order valence-electron chi connectivity index (χ0n) is 14.3. The summed E-state index contributed by atoms with van der Waals surface area (Å²) in [6.45, 7) is 0.529. The zero-order chi connectivity index (χ0) is 17.2. The third-order valence-electron chi connectivity index (χ3n) is 5.83. The highest BCUT2D eigenvalue weighted by Crippen LogP contribution is 2.41. The number of hydrogen-bond donors (Lipinski definition) is 2. The van der Waals surface area contributed by atoms with Gasteiger partial charge in [0.15, 0.2) is 0 Å². The molecule has 2 heterocycles. The van der Waals surface area contributed by atoms with Crippen LogP contribution in [-0.4, -0.2) is 26.5 Å². The van der Waals surface area contributed by atoms with Gasteiger partial charge in [-0.15, -0.1) is 0 Å². The molecule has 2 aliphatic rings. The molecule has 2 bridgehead atoms. The average Bonchev–Trinajstić information content (AvgIpc) is 3.14. The molecule has 0 saturated heterocycles. The number of carbonyl (C=O) groups excluding carboxylic acids is 1. The van der Waals surface area contributed by atoms with Gasteiger partial charge in [0.1, 0.15) is 12.1 Å². The first-order chi connectivity index (χ1) is 12.2. The molecular weight excluding hydrogens is 314 g/mol. The van der Waals surface area contributed by atoms with Crippen LogP contribution in [0.25, 0.3) is 5.82 Å². The Balaban J connectivity index is 1.37. The highest BCUT2D eigenvalue weighted by molar-refractivity contribution is 5.78. The molecule has 2 atom stereocenters. The van der Waals surface area contributed by atoms with E-state index in [-0.39, 0.29) is 11.8 Å². The number of nitrogens with zero attached hydrogens (tertiary/aromatic N) is 3. The summed E-state index contributed by atoms with van der Waals surface area (Å²) in [5.74, 6) is 2.14. The summed E-state index contributed by atoms with van der Waals surface area (Å²) in [6, 6.07) is 4.22. The molecule has 25 heavy (non-hydrogen) atoms. The van der Waals surface area contributed by atoms with Gasteiger partial charge in [-0.2, -0.15) is 0 Å². The van der Waals surface area contributed by atoms with Crippen molar-refractivity contribution in [2.24, 2.45) is 23.5 Å². The van der Waals surface area contributed by atoms with Crippen LogP contribution in [0.15, 0.2) is 37.1 Å². The van der Waals surface area contributed by atoms with Gasteiger partial charge >= 0.3 is 0 Å². The maximum absolute atomic E-state index is 12.6. The van der Waals surface area contributed by atoms with Crippen molar-refractivity contribution < 1.29 is 4.79 Å². The fourth-order valence-corrected chi connectivity index (χ4v) is 4.44. The summed E-state index contributed by atoms with van der Waals surface area (Å²) in [4.78, 5) is 21.0. The molecule has 0 spiro atoms. The smallest absolute Gasteiger partial charge is 0.223 e. The fourth-order valence-electron chi connectivity index (χ4n) is 4.44. The second-order valence-electron chi connectivity index (χ2n) is 7.41. The van der Waals surface area contributed by atoms with E-state index in [4.69, 9.17) is 5.73 Å². The molecular formula is C19H25N5O. The number of amides is 1. The first kappa shape index (κ1) is 16.3. The van der Waals surface area contributed by atoms with E-state index in [0.29, 0.717) is 24.4 Å². The quantitative estimate of drug-likeness (QED) is 0.892. The number of fused-ring (bicyclic) bond motifs is 2. The first-order valence-electron chi connectivity index (χ1n) is 9.17. The standard InChI is InChI=1S/C19H25N5O/c20-18-14-2-1-3-15(18)10-16(9-14)19(25)23-11-13-4-5-22-17(8-13)24-7-6-21-12-24/h4-8,12,14-16,18H,1-3,9-11,20H2,(H,23,25). The van der Waals surface area contributed by atoms with Gasteiger partial charge in [-0.05, 0) is 55.2 Å². The molecule has 4 rings (SSSR count). The third kappa shape index (κ3) is 3.44. The van der Waals surface area contributed by atoms with E-state index in [1.54, 1.807) is 18.7 Å². The molecule has 132 valence electrons. The van der Waals surface area contributed by atoms with Gasteiger partial charge < -0.3 is 11.1 Å². The minimum absolute atomic E-state index is 0.116. The molecule has 2 aromatic heterocycles. The molecule has 0 aromatic carbocycles. The van der Waals surface area contributed by atoms with Crippen LogP contribution in [0.2, 0.25) is 0 Å². The molecule has 3 N–H and O–H groups in total. The minimum atomic E-state index is 0.116. The maximum atomic E-state index is 12.6. The van der Waals surface area contributed by atoms with Crippen molar-refractivity contribution in [3.63, 3.8) is 0 Å².